The molecule has 15 heteroatoms. The normalized spacial score (nSPS) is 13.6. The number of nitrogens with zero attached hydrogens (tertiary/aromatic N) is 6. The Labute approximate surface area is 235 Å². The summed E-state index contributed by atoms with van der Waals surface area (Å²) in [6.07, 6.45) is -6.07. The number of aromatic nitrogens is 6. The van der Waals surface area contributed by atoms with Crippen LogP contribution in [0.3, 0.4) is 0 Å². The van der Waals surface area contributed by atoms with Gasteiger partial charge in [0.2, 0.25) is 0 Å². The van der Waals surface area contributed by atoms with Crippen molar-refractivity contribution in [3.8, 4) is 0 Å². The zero-order valence-corrected chi connectivity index (χ0v) is 22.3. The molecule has 0 radical (unpaired) electrons. The second kappa shape index (κ2) is 12.8. The third kappa shape index (κ3) is 8.00. The summed E-state index contributed by atoms with van der Waals surface area (Å²) in [6, 6.07) is 7.44. The predicted octanol–water partition coefficient (Wildman–Crippen LogP) is 5.47. The van der Waals surface area contributed by atoms with E-state index in [9.17, 15) is 30.7 Å². The van der Waals surface area contributed by atoms with Gasteiger partial charge in [-0.25, -0.2) is 19.3 Å². The van der Waals surface area contributed by atoms with Crippen LogP contribution < -0.4 is 10.6 Å². The molecule has 0 aliphatic carbocycles. The van der Waals surface area contributed by atoms with Crippen molar-refractivity contribution in [1.29, 1.82) is 0 Å². The van der Waals surface area contributed by atoms with Crippen molar-refractivity contribution in [2.45, 2.75) is 57.8 Å². The van der Waals surface area contributed by atoms with Gasteiger partial charge in [-0.3, -0.25) is 4.98 Å². The van der Waals surface area contributed by atoms with Crippen LogP contribution in [-0.4, -0.2) is 30.1 Å². The molecule has 8 nitrogen and oxygen atoms in total. The zero-order chi connectivity index (χ0) is 30.5. The summed E-state index contributed by atoms with van der Waals surface area (Å²) in [5.74, 6) is -0.197. The number of nitrogens with one attached hydrogen (secondary N) is 2. The molecule has 42 heavy (non-hydrogen) atoms. The lowest BCUT2D eigenvalue weighted by Gasteiger charge is -2.19. The van der Waals surface area contributed by atoms with E-state index in [2.05, 4.69) is 40.8 Å². The maximum atomic E-state index is 14.7. The fourth-order valence-corrected chi connectivity index (χ4v) is 3.99. The molecule has 2 atom stereocenters. The SMILES string of the molecule is Cc1nc(C(F)(F)F)ccc1CN[C@H](C)c1nccc(C[C@@H](NCc2ccc(C(F)(F)F)nn2)c2ncccc2F)n1. The second-order valence-corrected chi connectivity index (χ2v) is 9.36. The maximum Gasteiger partial charge on any atom is 0.435 e. The molecule has 2 N–H and O–H groups in total. The third-order valence-corrected chi connectivity index (χ3v) is 6.27. The minimum atomic E-state index is -4.62. The Morgan fingerprint density at radius 2 is 1.50 bits per heavy atom. The molecular formula is C27H25F7N8. The molecule has 0 aliphatic rings. The van der Waals surface area contributed by atoms with Crippen molar-refractivity contribution in [1.82, 2.24) is 40.8 Å². The van der Waals surface area contributed by atoms with Crippen LogP contribution in [0.25, 0.3) is 0 Å². The number of aryl methyl sites for hydroxylation is 1. The molecule has 0 aliphatic heterocycles. The van der Waals surface area contributed by atoms with Gasteiger partial charge in [0.05, 0.1) is 23.5 Å². The first-order valence-electron chi connectivity index (χ1n) is 12.6. The molecule has 4 aromatic heterocycles. The molecular weight excluding hydrogens is 569 g/mol. The van der Waals surface area contributed by atoms with Gasteiger partial charge in [-0.2, -0.15) is 31.4 Å². The van der Waals surface area contributed by atoms with E-state index in [1.165, 1.54) is 43.6 Å². The van der Waals surface area contributed by atoms with Gasteiger partial charge in [0.1, 0.15) is 17.3 Å². The first-order chi connectivity index (χ1) is 19.8. The summed E-state index contributed by atoms with van der Waals surface area (Å²) in [7, 11) is 0. The van der Waals surface area contributed by atoms with Crippen LogP contribution in [0.5, 0.6) is 0 Å². The minimum Gasteiger partial charge on any atom is -0.303 e. The Morgan fingerprint density at radius 3 is 2.14 bits per heavy atom. The maximum absolute atomic E-state index is 14.7. The Kier molecular flexibility index (Phi) is 9.41. The van der Waals surface area contributed by atoms with Gasteiger partial charge in [0.25, 0.3) is 0 Å². The van der Waals surface area contributed by atoms with Crippen LogP contribution in [0.4, 0.5) is 30.7 Å². The van der Waals surface area contributed by atoms with Gasteiger partial charge in [0.15, 0.2) is 5.69 Å². The van der Waals surface area contributed by atoms with Crippen LogP contribution in [0.2, 0.25) is 0 Å². The van der Waals surface area contributed by atoms with Crippen LogP contribution >= 0.6 is 0 Å². The zero-order valence-electron chi connectivity index (χ0n) is 22.3. The van der Waals surface area contributed by atoms with Gasteiger partial charge < -0.3 is 10.6 Å². The fourth-order valence-electron chi connectivity index (χ4n) is 3.99. The lowest BCUT2D eigenvalue weighted by molar-refractivity contribution is -0.142. The van der Waals surface area contributed by atoms with E-state index in [1.54, 1.807) is 13.0 Å². The van der Waals surface area contributed by atoms with Crippen LogP contribution in [0, 0.1) is 12.7 Å². The van der Waals surface area contributed by atoms with Crippen molar-refractivity contribution in [2.75, 3.05) is 0 Å². The highest BCUT2D eigenvalue weighted by molar-refractivity contribution is 5.24. The number of hydrogen-bond donors (Lipinski definition) is 2. The number of pyridine rings is 2. The molecule has 0 spiro atoms. The van der Waals surface area contributed by atoms with E-state index in [-0.39, 0.29) is 36.6 Å². The highest BCUT2D eigenvalue weighted by atomic mass is 19.4. The third-order valence-electron chi connectivity index (χ3n) is 6.27. The van der Waals surface area contributed by atoms with Crippen molar-refractivity contribution in [3.63, 3.8) is 0 Å². The fraction of sp³-hybridized carbons (Fsp3) is 0.333. The van der Waals surface area contributed by atoms with Crippen molar-refractivity contribution in [2.24, 2.45) is 0 Å². The lowest BCUT2D eigenvalue weighted by atomic mass is 10.1. The van der Waals surface area contributed by atoms with Crippen molar-refractivity contribution >= 4 is 0 Å². The van der Waals surface area contributed by atoms with Gasteiger partial charge >= 0.3 is 12.4 Å². The van der Waals surface area contributed by atoms with E-state index < -0.39 is 41.6 Å². The molecule has 0 aromatic carbocycles. The number of alkyl halides is 6. The van der Waals surface area contributed by atoms with Gasteiger partial charge in [-0.05, 0) is 55.8 Å². The van der Waals surface area contributed by atoms with E-state index in [0.717, 1.165) is 12.1 Å². The molecule has 4 aromatic rings. The molecule has 0 saturated heterocycles. The Morgan fingerprint density at radius 1 is 0.762 bits per heavy atom. The van der Waals surface area contributed by atoms with Crippen molar-refractivity contribution < 1.29 is 30.7 Å². The average Bonchev–Trinajstić information content (AvgIpc) is 2.94. The van der Waals surface area contributed by atoms with E-state index in [4.69, 9.17) is 0 Å². The average molecular weight is 595 g/mol. The highest BCUT2D eigenvalue weighted by Gasteiger charge is 2.33. The van der Waals surface area contributed by atoms with Crippen LogP contribution in [-0.2, 0) is 31.9 Å². The summed E-state index contributed by atoms with van der Waals surface area (Å²) in [5.41, 5.74) is -0.476. The molecule has 0 unspecified atom stereocenters. The molecule has 4 heterocycles. The van der Waals surface area contributed by atoms with E-state index in [0.29, 0.717) is 17.1 Å². The molecule has 0 bridgehead atoms. The molecule has 0 fully saturated rings. The quantitative estimate of drug-likeness (QED) is 0.233. The Bertz CT molecular complexity index is 1490. The molecule has 222 valence electrons. The second-order valence-electron chi connectivity index (χ2n) is 9.36. The molecule has 0 saturated carbocycles. The van der Waals surface area contributed by atoms with Crippen molar-refractivity contribution in [3.05, 3.63) is 106 Å². The molecule has 4 rings (SSSR count). The number of hydrogen-bond acceptors (Lipinski definition) is 8. The summed E-state index contributed by atoms with van der Waals surface area (Å²) >= 11 is 0. The van der Waals surface area contributed by atoms with Gasteiger partial charge in [-0.15, -0.1) is 5.10 Å². The first kappa shape index (κ1) is 30.8. The summed E-state index contributed by atoms with van der Waals surface area (Å²) < 4.78 is 91.9. The van der Waals surface area contributed by atoms with Gasteiger partial charge in [-0.1, -0.05) is 6.07 Å². The van der Waals surface area contributed by atoms with E-state index >= 15 is 0 Å². The first-order valence-corrected chi connectivity index (χ1v) is 12.6. The van der Waals surface area contributed by atoms with Crippen LogP contribution in [0.15, 0.2) is 54.9 Å². The standard InChI is InChI=1S/C27H25F7N8/c1-15-17(5-7-22(39-15)26(29,30)31)13-37-16(2)25-36-11-9-18(40-25)12-21(24-20(28)4-3-10-35-24)38-14-19-6-8-23(42-41-19)27(32,33)34/h3-11,16,21,37-38H,12-14H2,1-2H3/t16-,21-/m1/s1. The number of rotatable bonds is 10. The highest BCUT2D eigenvalue weighted by Crippen LogP contribution is 2.29. The Hall–Kier alpha value is -4.11. The predicted molar refractivity (Wildman–Crippen MR) is 136 cm³/mol. The summed E-state index contributed by atoms with van der Waals surface area (Å²) in [4.78, 5) is 16.6. The minimum absolute atomic E-state index is 0.0256. The lowest BCUT2D eigenvalue weighted by Crippen LogP contribution is -2.27. The largest absolute Gasteiger partial charge is 0.435 e. The molecule has 0 amide bonds. The van der Waals surface area contributed by atoms with E-state index in [1.807, 2.05) is 0 Å². The Balaban J connectivity index is 1.46. The van der Waals surface area contributed by atoms with Gasteiger partial charge in [0, 0.05) is 43.3 Å². The number of halogens is 7. The topological polar surface area (TPSA) is 101 Å². The smallest absolute Gasteiger partial charge is 0.303 e. The van der Waals surface area contributed by atoms with Crippen LogP contribution in [0.1, 0.15) is 64.6 Å². The monoisotopic (exact) mass is 594 g/mol. The summed E-state index contributed by atoms with van der Waals surface area (Å²) in [6.45, 7) is 3.46. The summed E-state index contributed by atoms with van der Waals surface area (Å²) in [5, 5.41) is 13.0.